The Morgan fingerprint density at radius 2 is 1.59 bits per heavy atom. The molecule has 0 radical (unpaired) electrons. The van der Waals surface area contributed by atoms with Crippen LogP contribution < -0.4 is 10.1 Å². The van der Waals surface area contributed by atoms with E-state index in [0.717, 1.165) is 16.3 Å². The minimum absolute atomic E-state index is 0.163. The smallest absolute Gasteiger partial charge is 0.118 e. The van der Waals surface area contributed by atoms with Gasteiger partial charge in [-0.15, -0.1) is 0 Å². The fourth-order valence-corrected chi connectivity index (χ4v) is 2.36. The molecule has 0 aliphatic heterocycles. The third-order valence-electron chi connectivity index (χ3n) is 3.63. The molecule has 2 rings (SSSR count). The lowest BCUT2D eigenvalue weighted by atomic mass is 9.87. The molecule has 2 aromatic rings. The molecule has 2 aromatic carbocycles. The van der Waals surface area contributed by atoms with Gasteiger partial charge in [-0.05, 0) is 28.7 Å². The molecule has 0 fully saturated rings. The molecular weight excluding hydrogens is 290 g/mol. The van der Waals surface area contributed by atoms with Crippen LogP contribution in [0.25, 0.3) is 0 Å². The van der Waals surface area contributed by atoms with Gasteiger partial charge in [0.15, 0.2) is 0 Å². The maximum atomic E-state index is 5.47. The van der Waals surface area contributed by atoms with Crippen LogP contribution in [0.1, 0.15) is 37.5 Å². The first-order valence-corrected chi connectivity index (χ1v) is 7.82. The van der Waals surface area contributed by atoms with E-state index in [-0.39, 0.29) is 5.41 Å². The molecule has 2 nitrogen and oxygen atoms in total. The summed E-state index contributed by atoms with van der Waals surface area (Å²) in [6, 6.07) is 16.5. The maximum absolute atomic E-state index is 5.47. The summed E-state index contributed by atoms with van der Waals surface area (Å²) in [5, 5.41) is 3.30. The zero-order valence-electron chi connectivity index (χ0n) is 13.6. The molecule has 0 saturated carbocycles. The Balaban J connectivity index is 1.97. The van der Waals surface area contributed by atoms with Gasteiger partial charge in [-0.3, -0.25) is 0 Å². The largest absolute Gasteiger partial charge is 0.497 e. The topological polar surface area (TPSA) is 21.3 Å². The van der Waals surface area contributed by atoms with Gasteiger partial charge in [0.1, 0.15) is 10.7 Å². The third-order valence-corrected chi connectivity index (χ3v) is 4.01. The van der Waals surface area contributed by atoms with Crippen LogP contribution in [0.2, 0.25) is 0 Å². The molecule has 0 aliphatic rings. The van der Waals surface area contributed by atoms with E-state index in [2.05, 4.69) is 50.4 Å². The normalized spacial score (nSPS) is 11.1. The molecule has 1 N–H and O–H groups in total. The summed E-state index contributed by atoms with van der Waals surface area (Å²) >= 11 is 5.47. The van der Waals surface area contributed by atoms with Crippen molar-refractivity contribution in [3.05, 3.63) is 65.2 Å². The highest BCUT2D eigenvalue weighted by Gasteiger charge is 2.13. The van der Waals surface area contributed by atoms with Gasteiger partial charge in [0.2, 0.25) is 0 Å². The SMILES string of the molecule is COc1ccc(CNC(=S)c2ccc(C(C)(C)C)cc2)cc1. The van der Waals surface area contributed by atoms with Crippen LogP contribution in [0.3, 0.4) is 0 Å². The standard InChI is InChI=1S/C19H23NOS/c1-19(2,3)16-9-7-15(8-10-16)18(22)20-13-14-5-11-17(21-4)12-6-14/h5-12H,13H2,1-4H3,(H,20,22). The number of rotatable bonds is 4. The summed E-state index contributed by atoms with van der Waals surface area (Å²) in [4.78, 5) is 0.774. The highest BCUT2D eigenvalue weighted by molar-refractivity contribution is 7.80. The van der Waals surface area contributed by atoms with Gasteiger partial charge in [-0.2, -0.15) is 0 Å². The minimum atomic E-state index is 0.163. The van der Waals surface area contributed by atoms with E-state index in [1.807, 2.05) is 24.3 Å². The number of nitrogens with one attached hydrogen (secondary N) is 1. The fourth-order valence-electron chi connectivity index (χ4n) is 2.15. The van der Waals surface area contributed by atoms with E-state index in [1.165, 1.54) is 11.1 Å². The second-order valence-electron chi connectivity index (χ2n) is 6.36. The maximum Gasteiger partial charge on any atom is 0.118 e. The summed E-state index contributed by atoms with van der Waals surface area (Å²) in [7, 11) is 1.67. The number of hydrogen-bond donors (Lipinski definition) is 1. The molecule has 0 atom stereocenters. The van der Waals surface area contributed by atoms with Gasteiger partial charge in [-0.1, -0.05) is 69.4 Å². The lowest BCUT2D eigenvalue weighted by Crippen LogP contribution is -2.22. The van der Waals surface area contributed by atoms with Crippen molar-refractivity contribution in [3.8, 4) is 5.75 Å². The molecule has 0 amide bonds. The van der Waals surface area contributed by atoms with Crippen molar-refractivity contribution in [3.63, 3.8) is 0 Å². The van der Waals surface area contributed by atoms with Crippen molar-refractivity contribution < 1.29 is 4.74 Å². The Hall–Kier alpha value is -1.87. The predicted octanol–water partition coefficient (Wildman–Crippen LogP) is 4.46. The number of thiocarbonyl (C=S) groups is 1. The first kappa shape index (κ1) is 16.5. The van der Waals surface area contributed by atoms with E-state index in [1.54, 1.807) is 7.11 Å². The van der Waals surface area contributed by atoms with Crippen molar-refractivity contribution in [2.24, 2.45) is 0 Å². The third kappa shape index (κ3) is 4.31. The number of hydrogen-bond acceptors (Lipinski definition) is 2. The highest BCUT2D eigenvalue weighted by atomic mass is 32.1. The van der Waals surface area contributed by atoms with Crippen molar-refractivity contribution in [1.29, 1.82) is 0 Å². The molecule has 0 unspecified atom stereocenters. The average Bonchev–Trinajstić information content (AvgIpc) is 2.52. The van der Waals surface area contributed by atoms with Gasteiger partial charge >= 0.3 is 0 Å². The lowest BCUT2D eigenvalue weighted by Gasteiger charge is -2.19. The van der Waals surface area contributed by atoms with Crippen LogP contribution >= 0.6 is 12.2 Å². The Morgan fingerprint density at radius 1 is 1.00 bits per heavy atom. The molecule has 3 heteroatoms. The first-order valence-electron chi connectivity index (χ1n) is 7.42. The van der Waals surface area contributed by atoms with Crippen molar-refractivity contribution in [2.45, 2.75) is 32.7 Å². The van der Waals surface area contributed by atoms with Crippen LogP contribution in [0.5, 0.6) is 5.75 Å². The molecular formula is C19H23NOS. The summed E-state index contributed by atoms with van der Waals surface area (Å²) in [6.07, 6.45) is 0. The molecule has 22 heavy (non-hydrogen) atoms. The zero-order chi connectivity index (χ0) is 16.2. The summed E-state index contributed by atoms with van der Waals surface area (Å²) in [5.41, 5.74) is 3.71. The summed E-state index contributed by atoms with van der Waals surface area (Å²) in [6.45, 7) is 7.34. The predicted molar refractivity (Wildman–Crippen MR) is 96.7 cm³/mol. The molecule has 0 heterocycles. The van der Waals surface area contributed by atoms with Crippen molar-refractivity contribution in [2.75, 3.05) is 7.11 Å². The lowest BCUT2D eigenvalue weighted by molar-refractivity contribution is 0.414. The van der Waals surface area contributed by atoms with Crippen LogP contribution in [-0.2, 0) is 12.0 Å². The molecule has 0 bridgehead atoms. The van der Waals surface area contributed by atoms with Gasteiger partial charge in [0, 0.05) is 12.1 Å². The van der Waals surface area contributed by atoms with Crippen LogP contribution in [0.4, 0.5) is 0 Å². The van der Waals surface area contributed by atoms with E-state index in [0.29, 0.717) is 6.54 Å². The van der Waals surface area contributed by atoms with E-state index in [9.17, 15) is 0 Å². The monoisotopic (exact) mass is 313 g/mol. The van der Waals surface area contributed by atoms with Crippen LogP contribution in [0.15, 0.2) is 48.5 Å². The van der Waals surface area contributed by atoms with Gasteiger partial charge < -0.3 is 10.1 Å². The molecule has 116 valence electrons. The van der Waals surface area contributed by atoms with Gasteiger partial charge in [0.25, 0.3) is 0 Å². The van der Waals surface area contributed by atoms with E-state index >= 15 is 0 Å². The van der Waals surface area contributed by atoms with Crippen LogP contribution in [-0.4, -0.2) is 12.1 Å². The molecule has 0 aliphatic carbocycles. The summed E-state index contributed by atoms with van der Waals surface area (Å²) in [5.74, 6) is 0.865. The Bertz CT molecular complexity index is 624. The molecule has 0 aromatic heterocycles. The van der Waals surface area contributed by atoms with Gasteiger partial charge in [0.05, 0.1) is 7.11 Å². The minimum Gasteiger partial charge on any atom is -0.497 e. The Labute approximate surface area is 138 Å². The summed E-state index contributed by atoms with van der Waals surface area (Å²) < 4.78 is 5.16. The van der Waals surface area contributed by atoms with Crippen LogP contribution in [0, 0.1) is 0 Å². The molecule has 0 spiro atoms. The first-order chi connectivity index (χ1) is 10.4. The Morgan fingerprint density at radius 3 is 2.09 bits per heavy atom. The van der Waals surface area contributed by atoms with Gasteiger partial charge in [-0.25, -0.2) is 0 Å². The second kappa shape index (κ2) is 6.93. The number of benzene rings is 2. The van der Waals surface area contributed by atoms with E-state index < -0.39 is 0 Å². The Kier molecular flexibility index (Phi) is 5.19. The molecule has 0 saturated heterocycles. The zero-order valence-corrected chi connectivity index (χ0v) is 14.5. The number of ether oxygens (including phenoxy) is 1. The fraction of sp³-hybridized carbons (Fsp3) is 0.316. The van der Waals surface area contributed by atoms with Crippen molar-refractivity contribution in [1.82, 2.24) is 5.32 Å². The quantitative estimate of drug-likeness (QED) is 0.842. The second-order valence-corrected chi connectivity index (χ2v) is 6.77. The van der Waals surface area contributed by atoms with E-state index in [4.69, 9.17) is 17.0 Å². The van der Waals surface area contributed by atoms with Crippen molar-refractivity contribution >= 4 is 17.2 Å². The highest BCUT2D eigenvalue weighted by Crippen LogP contribution is 2.22. The average molecular weight is 313 g/mol. The number of methoxy groups -OCH3 is 1.